The van der Waals surface area contributed by atoms with Crippen LogP contribution < -0.4 is 10.0 Å². The molecule has 0 unspecified atom stereocenters. The third kappa shape index (κ3) is 5.36. The zero-order chi connectivity index (χ0) is 23.8. The topological polar surface area (TPSA) is 101 Å². The molecule has 33 heavy (non-hydrogen) atoms. The zero-order valence-corrected chi connectivity index (χ0v) is 22.3. The van der Waals surface area contributed by atoms with Crippen molar-refractivity contribution in [1.82, 2.24) is 14.1 Å². The van der Waals surface area contributed by atoms with Crippen molar-refractivity contribution in [2.75, 3.05) is 4.72 Å². The predicted molar refractivity (Wildman–Crippen MR) is 140 cm³/mol. The fraction of sp³-hybridized carbons (Fsp3) is 0.0500. The number of carbonyl (C=O) groups excluding carboxylic acids is 1. The van der Waals surface area contributed by atoms with Crippen LogP contribution in [-0.2, 0) is 16.6 Å². The number of sulfonamides is 1. The van der Waals surface area contributed by atoms with Gasteiger partial charge in [0.1, 0.15) is 15.9 Å². The second-order valence-electron chi connectivity index (χ2n) is 6.71. The number of hydrogen-bond acceptors (Lipinski definition) is 6. The van der Waals surface area contributed by atoms with Crippen molar-refractivity contribution in [1.29, 1.82) is 0 Å². The molecule has 0 aliphatic rings. The number of rotatable bonds is 6. The number of hydrogen-bond donors (Lipinski definition) is 2. The number of halogens is 4. The van der Waals surface area contributed by atoms with Gasteiger partial charge >= 0.3 is 0 Å². The number of amides is 1. The number of nitrogens with one attached hydrogen (secondary N) is 2. The molecule has 0 atom stereocenters. The van der Waals surface area contributed by atoms with Gasteiger partial charge in [-0.1, -0.05) is 40.9 Å². The van der Waals surface area contributed by atoms with Crippen LogP contribution in [-0.4, -0.2) is 23.1 Å². The highest BCUT2D eigenvalue weighted by Gasteiger charge is 2.23. The maximum Gasteiger partial charge on any atom is 0.264 e. The van der Waals surface area contributed by atoms with Gasteiger partial charge in [0.25, 0.3) is 15.9 Å². The molecule has 0 saturated carbocycles. The van der Waals surface area contributed by atoms with Gasteiger partial charge in [-0.25, -0.2) is 8.42 Å². The summed E-state index contributed by atoms with van der Waals surface area (Å²) in [5.74, 6) is -0.514. The van der Waals surface area contributed by atoms with E-state index < -0.39 is 15.9 Å². The molecule has 0 fully saturated rings. The molecule has 4 aromatic rings. The molecular formula is C20H12Cl3IN4O3S2. The molecule has 3 aromatic carbocycles. The summed E-state index contributed by atoms with van der Waals surface area (Å²) in [6.07, 6.45) is 0. The SMILES string of the molecule is O=C(NCc1c(Cl)cc(Cl)cc1Cl)c1ccc(I)cc1NS(=O)(=O)c1cccc2nsnc12. The molecule has 1 aromatic heterocycles. The molecule has 0 aliphatic heterocycles. The molecule has 13 heteroatoms. The van der Waals surface area contributed by atoms with E-state index in [-0.39, 0.29) is 28.2 Å². The maximum absolute atomic E-state index is 13.1. The van der Waals surface area contributed by atoms with Gasteiger partial charge in [-0.3, -0.25) is 9.52 Å². The monoisotopic (exact) mass is 652 g/mol. The highest BCUT2D eigenvalue weighted by atomic mass is 127. The summed E-state index contributed by atoms with van der Waals surface area (Å²) in [6.45, 7) is 0.0235. The van der Waals surface area contributed by atoms with E-state index >= 15 is 0 Å². The number of fused-ring (bicyclic) bond motifs is 1. The molecule has 1 amide bonds. The molecular weight excluding hydrogens is 642 g/mol. The number of carbonyl (C=O) groups is 1. The third-order valence-electron chi connectivity index (χ3n) is 4.54. The van der Waals surface area contributed by atoms with E-state index in [1.54, 1.807) is 24.3 Å². The number of nitrogens with zero attached hydrogens (tertiary/aromatic N) is 2. The number of aromatic nitrogens is 2. The minimum absolute atomic E-state index is 0.0235. The van der Waals surface area contributed by atoms with Crippen LogP contribution in [0.25, 0.3) is 11.0 Å². The lowest BCUT2D eigenvalue weighted by Gasteiger charge is -2.14. The molecule has 7 nitrogen and oxygen atoms in total. The minimum Gasteiger partial charge on any atom is -0.348 e. The minimum atomic E-state index is -4.05. The van der Waals surface area contributed by atoms with Crippen molar-refractivity contribution in [2.45, 2.75) is 11.4 Å². The van der Waals surface area contributed by atoms with Crippen LogP contribution >= 0.6 is 69.1 Å². The molecule has 0 aliphatic carbocycles. The Kier molecular flexibility index (Phi) is 7.32. The van der Waals surface area contributed by atoms with E-state index in [1.165, 1.54) is 24.3 Å². The summed E-state index contributed by atoms with van der Waals surface area (Å²) in [4.78, 5) is 12.9. The maximum atomic E-state index is 13.1. The van der Waals surface area contributed by atoms with Crippen molar-refractivity contribution >= 4 is 102 Å². The van der Waals surface area contributed by atoms with E-state index in [1.807, 2.05) is 22.6 Å². The second kappa shape index (κ2) is 9.88. The van der Waals surface area contributed by atoms with Gasteiger partial charge in [0.05, 0.1) is 23.0 Å². The Morgan fingerprint density at radius 3 is 2.48 bits per heavy atom. The molecule has 0 saturated heterocycles. The molecule has 2 N–H and O–H groups in total. The molecule has 0 radical (unpaired) electrons. The molecule has 0 bridgehead atoms. The predicted octanol–water partition coefficient (Wildman–Crippen LogP) is 5.99. The first-order valence-corrected chi connectivity index (χ1v) is 13.5. The zero-order valence-electron chi connectivity index (χ0n) is 16.3. The fourth-order valence-corrected chi connectivity index (χ4v) is 6.28. The van der Waals surface area contributed by atoms with E-state index in [0.717, 1.165) is 15.3 Å². The first-order valence-electron chi connectivity index (χ1n) is 9.11. The summed E-state index contributed by atoms with van der Waals surface area (Å²) in [6, 6.07) is 12.5. The van der Waals surface area contributed by atoms with Gasteiger partial charge in [0.2, 0.25) is 0 Å². The van der Waals surface area contributed by atoms with Crippen LogP contribution in [0.4, 0.5) is 5.69 Å². The van der Waals surface area contributed by atoms with Crippen molar-refractivity contribution in [3.05, 3.63) is 78.3 Å². The normalized spacial score (nSPS) is 11.5. The van der Waals surface area contributed by atoms with Crippen LogP contribution in [0.1, 0.15) is 15.9 Å². The highest BCUT2D eigenvalue weighted by molar-refractivity contribution is 14.1. The summed E-state index contributed by atoms with van der Waals surface area (Å²) in [7, 11) is -4.05. The van der Waals surface area contributed by atoms with Crippen LogP contribution in [0.3, 0.4) is 0 Å². The average molecular weight is 654 g/mol. The lowest BCUT2D eigenvalue weighted by atomic mass is 10.1. The Morgan fingerprint density at radius 1 is 1.03 bits per heavy atom. The van der Waals surface area contributed by atoms with Crippen molar-refractivity contribution < 1.29 is 13.2 Å². The first kappa shape index (κ1) is 24.4. The smallest absolute Gasteiger partial charge is 0.264 e. The van der Waals surface area contributed by atoms with Crippen molar-refractivity contribution in [3.63, 3.8) is 0 Å². The van der Waals surface area contributed by atoms with E-state index in [2.05, 4.69) is 18.8 Å². The van der Waals surface area contributed by atoms with Gasteiger partial charge in [-0.05, 0) is 65.1 Å². The first-order chi connectivity index (χ1) is 15.7. The standard InChI is InChI=1S/C20H12Cl3IN4O3S2/c21-10-6-14(22)13(15(23)7-10)9-25-20(29)12-5-4-11(24)8-17(12)28-33(30,31)18-3-1-2-16-19(18)27-32-26-16/h1-8,28H,9H2,(H,25,29). The van der Waals surface area contributed by atoms with Gasteiger partial charge < -0.3 is 5.32 Å². The van der Waals surface area contributed by atoms with Crippen LogP contribution in [0.5, 0.6) is 0 Å². The number of anilines is 1. The highest BCUT2D eigenvalue weighted by Crippen LogP contribution is 2.30. The summed E-state index contributed by atoms with van der Waals surface area (Å²) in [5.41, 5.74) is 1.47. The van der Waals surface area contributed by atoms with E-state index in [9.17, 15) is 13.2 Å². The molecule has 0 spiro atoms. The van der Waals surface area contributed by atoms with E-state index in [4.69, 9.17) is 34.8 Å². The lowest BCUT2D eigenvalue weighted by molar-refractivity contribution is 0.0952. The Labute approximate surface area is 222 Å². The fourth-order valence-electron chi connectivity index (χ4n) is 3.00. The van der Waals surface area contributed by atoms with Crippen LogP contribution in [0.15, 0.2) is 53.4 Å². The summed E-state index contributed by atoms with van der Waals surface area (Å²) < 4.78 is 37.7. The van der Waals surface area contributed by atoms with Gasteiger partial charge in [-0.2, -0.15) is 8.75 Å². The van der Waals surface area contributed by atoms with Crippen LogP contribution in [0.2, 0.25) is 15.1 Å². The van der Waals surface area contributed by atoms with Gasteiger partial charge in [0.15, 0.2) is 0 Å². The summed E-state index contributed by atoms with van der Waals surface area (Å²) in [5, 5.41) is 3.71. The molecule has 170 valence electrons. The Hall–Kier alpha value is -1.70. The Bertz CT molecular complexity index is 1470. The van der Waals surface area contributed by atoms with Crippen molar-refractivity contribution in [2.24, 2.45) is 0 Å². The van der Waals surface area contributed by atoms with E-state index in [0.29, 0.717) is 26.1 Å². The van der Waals surface area contributed by atoms with Gasteiger partial charge in [0, 0.05) is 30.7 Å². The molecule has 1 heterocycles. The number of benzene rings is 3. The average Bonchev–Trinajstić information content (AvgIpc) is 3.21. The van der Waals surface area contributed by atoms with Crippen LogP contribution in [0, 0.1) is 3.57 Å². The summed E-state index contributed by atoms with van der Waals surface area (Å²) >= 11 is 21.3. The second-order valence-corrected chi connectivity index (χ2v) is 11.4. The lowest BCUT2D eigenvalue weighted by Crippen LogP contribution is -2.25. The molecule has 4 rings (SSSR count). The van der Waals surface area contributed by atoms with Crippen molar-refractivity contribution in [3.8, 4) is 0 Å². The Balaban J connectivity index is 1.63. The third-order valence-corrected chi connectivity index (χ3v) is 8.04. The quantitative estimate of drug-likeness (QED) is 0.249. The Morgan fingerprint density at radius 2 is 1.76 bits per heavy atom. The van der Waals surface area contributed by atoms with Gasteiger partial charge in [-0.15, -0.1) is 0 Å². The largest absolute Gasteiger partial charge is 0.348 e.